The summed E-state index contributed by atoms with van der Waals surface area (Å²) in [5, 5.41) is 2.70. The Hall–Kier alpha value is -3.37. The average molecular weight is 418 g/mol. The van der Waals surface area contributed by atoms with Crippen molar-refractivity contribution in [2.75, 3.05) is 46.5 Å². The molecule has 0 bridgehead atoms. The van der Waals surface area contributed by atoms with Crippen molar-refractivity contribution < 1.29 is 38.1 Å². The number of carbonyl (C=O) groups excluding carboxylic acids is 3. The molecule has 3 rings (SSSR count). The standard InChI is InChI=1S/C20H22N2O8/c1-26-8-9-29-18(24)15-16(21)30-13(10-27-2)14(17(23)28-3)20(15)11-6-4-5-7-12(11)22-19(20)25/h4-7H,8-10,21H2,1-3H3,(H,22,25)/t20-/m0/s1. The molecule has 0 saturated carbocycles. The van der Waals surface area contributed by atoms with Crippen LogP contribution in [0.2, 0.25) is 0 Å². The number of carbonyl (C=O) groups is 3. The summed E-state index contributed by atoms with van der Waals surface area (Å²) in [5.41, 5.74) is 4.39. The van der Waals surface area contributed by atoms with Crippen LogP contribution in [0.1, 0.15) is 5.56 Å². The Morgan fingerprint density at radius 1 is 1.07 bits per heavy atom. The Bertz CT molecular complexity index is 952. The Kier molecular flexibility index (Phi) is 6.09. The molecule has 10 nitrogen and oxygen atoms in total. The second-order valence-corrected chi connectivity index (χ2v) is 6.44. The van der Waals surface area contributed by atoms with Gasteiger partial charge >= 0.3 is 11.9 Å². The maximum Gasteiger partial charge on any atom is 0.341 e. The van der Waals surface area contributed by atoms with Crippen LogP contribution in [0.15, 0.2) is 47.1 Å². The quantitative estimate of drug-likeness (QED) is 0.474. The van der Waals surface area contributed by atoms with Gasteiger partial charge in [-0.2, -0.15) is 0 Å². The maximum atomic E-state index is 13.4. The Balaban J connectivity index is 2.30. The molecular formula is C20H22N2O8. The summed E-state index contributed by atoms with van der Waals surface area (Å²) < 4.78 is 25.7. The molecule has 1 atom stereocenters. The first-order valence-corrected chi connectivity index (χ1v) is 8.99. The van der Waals surface area contributed by atoms with Crippen molar-refractivity contribution >= 4 is 23.5 Å². The number of nitrogens with one attached hydrogen (secondary N) is 1. The number of rotatable bonds is 7. The highest BCUT2D eigenvalue weighted by atomic mass is 16.6. The summed E-state index contributed by atoms with van der Waals surface area (Å²) in [6, 6.07) is 6.64. The van der Waals surface area contributed by atoms with Crippen molar-refractivity contribution in [2.45, 2.75) is 5.41 Å². The third-order valence-electron chi connectivity index (χ3n) is 4.82. The molecule has 30 heavy (non-hydrogen) atoms. The van der Waals surface area contributed by atoms with Gasteiger partial charge < -0.3 is 34.7 Å². The third-order valence-corrected chi connectivity index (χ3v) is 4.82. The van der Waals surface area contributed by atoms with E-state index in [1.807, 2.05) is 0 Å². The predicted molar refractivity (Wildman–Crippen MR) is 103 cm³/mol. The molecular weight excluding hydrogens is 396 g/mol. The van der Waals surface area contributed by atoms with Crippen molar-refractivity contribution in [2.24, 2.45) is 5.73 Å². The lowest BCUT2D eigenvalue weighted by Gasteiger charge is -2.35. The lowest BCUT2D eigenvalue weighted by Crippen LogP contribution is -2.49. The molecule has 1 amide bonds. The van der Waals surface area contributed by atoms with E-state index >= 15 is 0 Å². The van der Waals surface area contributed by atoms with Crippen LogP contribution in [0.4, 0.5) is 5.69 Å². The normalized spacial score (nSPS) is 20.0. The van der Waals surface area contributed by atoms with E-state index in [9.17, 15) is 14.4 Å². The highest BCUT2D eigenvalue weighted by molar-refractivity contribution is 6.21. The van der Waals surface area contributed by atoms with Gasteiger partial charge in [-0.15, -0.1) is 0 Å². The first kappa shape index (κ1) is 21.3. The van der Waals surface area contributed by atoms with E-state index in [0.717, 1.165) is 7.11 Å². The highest BCUT2D eigenvalue weighted by Crippen LogP contribution is 2.52. The largest absolute Gasteiger partial charge is 0.466 e. The molecule has 2 aliphatic heterocycles. The molecule has 0 radical (unpaired) electrons. The zero-order valence-electron chi connectivity index (χ0n) is 16.8. The SMILES string of the molecule is COCCOC(=O)C1=C(N)OC(COC)=C(C(=O)OC)[C@]12C(=O)Nc1ccccc12. The molecule has 0 unspecified atom stereocenters. The zero-order chi connectivity index (χ0) is 21.9. The molecule has 2 heterocycles. The van der Waals surface area contributed by atoms with Gasteiger partial charge in [-0.3, -0.25) is 4.79 Å². The number of fused-ring (bicyclic) bond motifs is 2. The van der Waals surface area contributed by atoms with Crippen LogP contribution in [0.25, 0.3) is 0 Å². The third kappa shape index (κ3) is 3.19. The molecule has 1 spiro atoms. The number of hydrogen-bond donors (Lipinski definition) is 2. The van der Waals surface area contributed by atoms with Gasteiger partial charge in [0.25, 0.3) is 0 Å². The summed E-state index contributed by atoms with van der Waals surface area (Å²) in [6.45, 7) is -0.147. The number of para-hydroxylation sites is 1. The van der Waals surface area contributed by atoms with Gasteiger partial charge in [0.05, 0.1) is 13.7 Å². The molecule has 1 aromatic rings. The summed E-state index contributed by atoms with van der Waals surface area (Å²) in [7, 11) is 3.99. The minimum Gasteiger partial charge on any atom is -0.466 e. The smallest absolute Gasteiger partial charge is 0.341 e. The van der Waals surface area contributed by atoms with Crippen LogP contribution in [0, 0.1) is 0 Å². The number of anilines is 1. The summed E-state index contributed by atoms with van der Waals surface area (Å²) in [4.78, 5) is 39.3. The summed E-state index contributed by atoms with van der Waals surface area (Å²) in [5.74, 6) is -2.87. The number of nitrogens with two attached hydrogens (primary N) is 1. The first-order valence-electron chi connectivity index (χ1n) is 8.99. The molecule has 0 aliphatic carbocycles. The Labute approximate surface area is 172 Å². The Morgan fingerprint density at radius 3 is 2.47 bits per heavy atom. The van der Waals surface area contributed by atoms with E-state index in [2.05, 4.69) is 5.32 Å². The molecule has 0 fully saturated rings. The minimum atomic E-state index is -1.93. The Morgan fingerprint density at radius 2 is 1.80 bits per heavy atom. The molecule has 10 heteroatoms. The van der Waals surface area contributed by atoms with E-state index in [0.29, 0.717) is 11.3 Å². The average Bonchev–Trinajstić information content (AvgIpc) is 3.00. The van der Waals surface area contributed by atoms with E-state index in [4.69, 9.17) is 29.4 Å². The fraction of sp³-hybridized carbons (Fsp3) is 0.350. The van der Waals surface area contributed by atoms with Gasteiger partial charge in [-0.25, -0.2) is 9.59 Å². The predicted octanol–water partition coefficient (Wildman–Crippen LogP) is 0.340. The number of amides is 1. The van der Waals surface area contributed by atoms with Gasteiger partial charge in [-0.1, -0.05) is 18.2 Å². The van der Waals surface area contributed by atoms with Crippen LogP contribution in [-0.4, -0.2) is 59.0 Å². The minimum absolute atomic E-state index is 0.0397. The molecule has 2 aliphatic rings. The van der Waals surface area contributed by atoms with Crippen molar-refractivity contribution in [3.63, 3.8) is 0 Å². The van der Waals surface area contributed by atoms with Crippen LogP contribution in [0.5, 0.6) is 0 Å². The second kappa shape index (κ2) is 8.56. The summed E-state index contributed by atoms with van der Waals surface area (Å²) in [6.07, 6.45) is 0. The van der Waals surface area contributed by atoms with E-state index in [1.54, 1.807) is 24.3 Å². The monoisotopic (exact) mass is 418 g/mol. The zero-order valence-corrected chi connectivity index (χ0v) is 16.8. The van der Waals surface area contributed by atoms with E-state index in [-0.39, 0.29) is 42.6 Å². The van der Waals surface area contributed by atoms with Gasteiger partial charge in [0.15, 0.2) is 0 Å². The number of hydrogen-bond acceptors (Lipinski definition) is 9. The van der Waals surface area contributed by atoms with Gasteiger partial charge in [0.2, 0.25) is 11.8 Å². The number of methoxy groups -OCH3 is 3. The topological polar surface area (TPSA) is 135 Å². The van der Waals surface area contributed by atoms with Gasteiger partial charge in [0.1, 0.15) is 35.5 Å². The highest BCUT2D eigenvalue weighted by Gasteiger charge is 2.62. The van der Waals surface area contributed by atoms with Crippen LogP contribution >= 0.6 is 0 Å². The van der Waals surface area contributed by atoms with E-state index in [1.165, 1.54) is 14.2 Å². The molecule has 1 aromatic carbocycles. The van der Waals surface area contributed by atoms with Gasteiger partial charge in [0, 0.05) is 25.5 Å². The van der Waals surface area contributed by atoms with Crippen molar-refractivity contribution in [1.82, 2.24) is 0 Å². The number of ether oxygens (including phenoxy) is 5. The van der Waals surface area contributed by atoms with Crippen LogP contribution < -0.4 is 11.1 Å². The number of benzene rings is 1. The number of esters is 2. The molecule has 0 saturated heterocycles. The maximum absolute atomic E-state index is 13.4. The van der Waals surface area contributed by atoms with E-state index < -0.39 is 23.3 Å². The van der Waals surface area contributed by atoms with Crippen LogP contribution in [0.3, 0.4) is 0 Å². The lowest BCUT2D eigenvalue weighted by molar-refractivity contribution is -0.143. The van der Waals surface area contributed by atoms with Crippen LogP contribution in [-0.2, 0) is 43.5 Å². The van der Waals surface area contributed by atoms with Crippen molar-refractivity contribution in [3.8, 4) is 0 Å². The van der Waals surface area contributed by atoms with Crippen molar-refractivity contribution in [3.05, 3.63) is 52.6 Å². The fourth-order valence-corrected chi connectivity index (χ4v) is 3.65. The molecule has 0 aromatic heterocycles. The van der Waals surface area contributed by atoms with Gasteiger partial charge in [-0.05, 0) is 6.07 Å². The first-order chi connectivity index (χ1) is 14.4. The second-order valence-electron chi connectivity index (χ2n) is 6.44. The van der Waals surface area contributed by atoms with Crippen molar-refractivity contribution in [1.29, 1.82) is 0 Å². The fourth-order valence-electron chi connectivity index (χ4n) is 3.65. The molecule has 3 N–H and O–H groups in total. The summed E-state index contributed by atoms with van der Waals surface area (Å²) >= 11 is 0. The lowest BCUT2D eigenvalue weighted by atomic mass is 9.67. The molecule has 160 valence electrons.